The zero-order chi connectivity index (χ0) is 22.6. The van der Waals surface area contributed by atoms with Gasteiger partial charge in [0, 0.05) is 39.0 Å². The van der Waals surface area contributed by atoms with Crippen molar-refractivity contribution in [2.75, 3.05) is 23.0 Å². The molecule has 168 valence electrons. The highest BCUT2D eigenvalue weighted by Crippen LogP contribution is 2.56. The van der Waals surface area contributed by atoms with Crippen LogP contribution in [0.4, 0.5) is 0 Å². The summed E-state index contributed by atoms with van der Waals surface area (Å²) in [5.74, 6) is 4.07. The Morgan fingerprint density at radius 1 is 0.968 bits per heavy atom. The van der Waals surface area contributed by atoms with Gasteiger partial charge in [0.15, 0.2) is 11.4 Å². The van der Waals surface area contributed by atoms with Crippen LogP contribution in [0.25, 0.3) is 0 Å². The number of hydrogen-bond donors (Lipinski definition) is 2. The second kappa shape index (κ2) is 8.39. The number of Topliss-reactive ketones (excluding diaryl/α,β-unsaturated/α-hetero) is 1. The van der Waals surface area contributed by atoms with Crippen molar-refractivity contribution in [1.29, 1.82) is 0 Å². The molecular weight excluding hydrogens is 463 g/mol. The molecular formula is C24H31NO2S4. The maximum Gasteiger partial charge on any atom is 0.197 e. The van der Waals surface area contributed by atoms with E-state index >= 15 is 0 Å². The third-order valence-corrected chi connectivity index (χ3v) is 10.9. The highest BCUT2D eigenvalue weighted by Gasteiger charge is 2.50. The van der Waals surface area contributed by atoms with Crippen molar-refractivity contribution in [3.8, 4) is 0 Å². The van der Waals surface area contributed by atoms with Gasteiger partial charge in [-0.15, -0.1) is 47.0 Å². The lowest BCUT2D eigenvalue weighted by Crippen LogP contribution is -2.37. The van der Waals surface area contributed by atoms with Crippen LogP contribution in [-0.4, -0.2) is 38.9 Å². The van der Waals surface area contributed by atoms with Crippen LogP contribution in [0.5, 0.6) is 0 Å². The van der Waals surface area contributed by atoms with Crippen molar-refractivity contribution in [2.24, 2.45) is 5.41 Å². The Kier molecular flexibility index (Phi) is 6.41. The number of aromatic nitrogens is 1. The minimum absolute atomic E-state index is 0.0579. The summed E-state index contributed by atoms with van der Waals surface area (Å²) >= 11 is 7.04. The van der Waals surface area contributed by atoms with Crippen molar-refractivity contribution in [2.45, 2.75) is 52.6 Å². The van der Waals surface area contributed by atoms with E-state index in [4.69, 9.17) is 0 Å². The number of rotatable bonds is 1. The predicted octanol–water partition coefficient (Wildman–Crippen LogP) is 6.68. The van der Waals surface area contributed by atoms with E-state index in [1.54, 1.807) is 47.0 Å². The van der Waals surface area contributed by atoms with Gasteiger partial charge in [0.2, 0.25) is 0 Å². The van der Waals surface area contributed by atoms with E-state index in [9.17, 15) is 9.90 Å². The molecule has 1 aliphatic carbocycles. The number of carbonyl (C=O) groups excluding carboxylic acids is 1. The highest BCUT2D eigenvalue weighted by atomic mass is 32.2. The Labute approximate surface area is 202 Å². The number of H-pyrrole nitrogens is 1. The SMILES string of the molecule is CC(C)(C)/C=C/C1(O)C(=C2SCCS2)C(=C2SCCS2)C(=O)c2c(C(C)(C)C)c[nH]c21. The van der Waals surface area contributed by atoms with Crippen LogP contribution in [0.3, 0.4) is 0 Å². The van der Waals surface area contributed by atoms with E-state index in [1.807, 2.05) is 12.3 Å². The zero-order valence-electron chi connectivity index (χ0n) is 19.0. The number of aromatic amines is 1. The number of thioether (sulfide) groups is 4. The van der Waals surface area contributed by atoms with Crippen LogP contribution in [0.15, 0.2) is 38.0 Å². The molecule has 3 nitrogen and oxygen atoms in total. The Morgan fingerprint density at radius 2 is 1.52 bits per heavy atom. The van der Waals surface area contributed by atoms with Gasteiger partial charge >= 0.3 is 0 Å². The first-order valence-electron chi connectivity index (χ1n) is 10.6. The minimum Gasteiger partial charge on any atom is -0.375 e. The van der Waals surface area contributed by atoms with E-state index < -0.39 is 5.60 Å². The molecule has 3 heterocycles. The third kappa shape index (κ3) is 4.37. The molecule has 0 amide bonds. The summed E-state index contributed by atoms with van der Waals surface area (Å²) in [4.78, 5) is 17.4. The smallest absolute Gasteiger partial charge is 0.197 e. The first-order valence-corrected chi connectivity index (χ1v) is 14.6. The molecule has 1 aromatic heterocycles. The number of carbonyl (C=O) groups is 1. The lowest BCUT2D eigenvalue weighted by molar-refractivity contribution is 0.0937. The van der Waals surface area contributed by atoms with E-state index in [2.05, 4.69) is 52.6 Å². The van der Waals surface area contributed by atoms with Gasteiger partial charge in [-0.05, 0) is 22.5 Å². The monoisotopic (exact) mass is 493 g/mol. The van der Waals surface area contributed by atoms with E-state index in [-0.39, 0.29) is 16.6 Å². The first-order chi connectivity index (χ1) is 14.4. The average molecular weight is 494 g/mol. The molecule has 0 radical (unpaired) electrons. The molecule has 0 bridgehead atoms. The summed E-state index contributed by atoms with van der Waals surface area (Å²) in [5.41, 5.74) is 2.11. The van der Waals surface area contributed by atoms with Gasteiger partial charge in [-0.25, -0.2) is 0 Å². The minimum atomic E-state index is -1.36. The summed E-state index contributed by atoms with van der Waals surface area (Å²) in [5, 5.41) is 12.4. The van der Waals surface area contributed by atoms with Gasteiger partial charge in [0.25, 0.3) is 0 Å². The summed E-state index contributed by atoms with van der Waals surface area (Å²) < 4.78 is 2.15. The molecule has 4 rings (SSSR count). The number of hydrogen-bond acceptors (Lipinski definition) is 6. The second-order valence-corrected chi connectivity index (χ2v) is 15.2. The van der Waals surface area contributed by atoms with Gasteiger partial charge in [-0.1, -0.05) is 47.6 Å². The molecule has 2 N–H and O–H groups in total. The van der Waals surface area contributed by atoms with Gasteiger partial charge in [-0.2, -0.15) is 0 Å². The van der Waals surface area contributed by atoms with Crippen LogP contribution in [-0.2, 0) is 11.0 Å². The lowest BCUT2D eigenvalue weighted by atomic mass is 9.72. The fourth-order valence-corrected chi connectivity index (χ4v) is 9.23. The average Bonchev–Trinajstić information content (AvgIpc) is 3.42. The first kappa shape index (κ1) is 23.7. The van der Waals surface area contributed by atoms with Crippen LogP contribution in [0.1, 0.15) is 63.2 Å². The molecule has 0 saturated carbocycles. The molecule has 1 aromatic rings. The second-order valence-electron chi connectivity index (χ2n) is 10.2. The molecule has 1 atom stereocenters. The normalized spacial score (nSPS) is 25.3. The number of ketones is 1. The van der Waals surface area contributed by atoms with Gasteiger partial charge in [-0.3, -0.25) is 4.79 Å². The van der Waals surface area contributed by atoms with Gasteiger partial charge in [0.05, 0.1) is 21.1 Å². The topological polar surface area (TPSA) is 53.1 Å². The third-order valence-electron chi connectivity index (χ3n) is 5.49. The molecule has 31 heavy (non-hydrogen) atoms. The molecule has 2 fully saturated rings. The van der Waals surface area contributed by atoms with E-state index in [0.29, 0.717) is 11.3 Å². The maximum absolute atomic E-state index is 14.1. The van der Waals surface area contributed by atoms with E-state index in [0.717, 1.165) is 48.2 Å². The molecule has 0 spiro atoms. The summed E-state index contributed by atoms with van der Waals surface area (Å²) in [6.45, 7) is 12.8. The Bertz CT molecular complexity index is 988. The molecule has 1 unspecified atom stereocenters. The van der Waals surface area contributed by atoms with Gasteiger partial charge < -0.3 is 10.1 Å². The van der Waals surface area contributed by atoms with Crippen LogP contribution < -0.4 is 0 Å². The van der Waals surface area contributed by atoms with Crippen LogP contribution in [0, 0.1) is 5.41 Å². The van der Waals surface area contributed by atoms with Crippen molar-refractivity contribution in [1.82, 2.24) is 4.98 Å². The fourth-order valence-electron chi connectivity index (χ4n) is 4.00. The van der Waals surface area contributed by atoms with Crippen LogP contribution >= 0.6 is 47.0 Å². The largest absolute Gasteiger partial charge is 0.375 e. The number of nitrogens with one attached hydrogen (secondary N) is 1. The molecule has 2 saturated heterocycles. The predicted molar refractivity (Wildman–Crippen MR) is 140 cm³/mol. The number of aliphatic hydroxyl groups is 1. The quantitative estimate of drug-likeness (QED) is 0.336. The zero-order valence-corrected chi connectivity index (χ0v) is 22.3. The highest BCUT2D eigenvalue weighted by molar-refractivity contribution is 8.25. The van der Waals surface area contributed by atoms with Crippen molar-refractivity contribution >= 4 is 52.8 Å². The molecule has 2 aliphatic heterocycles. The number of fused-ring (bicyclic) bond motifs is 1. The lowest BCUT2D eigenvalue weighted by Gasteiger charge is -2.36. The Hall–Kier alpha value is -0.470. The molecule has 0 aromatic carbocycles. The van der Waals surface area contributed by atoms with Crippen molar-refractivity contribution in [3.63, 3.8) is 0 Å². The summed E-state index contributed by atoms with van der Waals surface area (Å²) in [6, 6.07) is 0. The van der Waals surface area contributed by atoms with Crippen molar-refractivity contribution < 1.29 is 9.90 Å². The Balaban J connectivity index is 2.08. The standard InChI is InChI=1S/C24H31NO2S4/c1-22(2,3)7-8-24(27)17(21-30-11-12-31-21)16(20-28-9-10-29-20)18(26)15-14(23(4,5)6)13-25-19(15)24/h7-8,13,25,27H,9-12H2,1-6H3/b8-7+. The summed E-state index contributed by atoms with van der Waals surface area (Å²) in [7, 11) is 0. The number of allylic oxidation sites excluding steroid dienone is 1. The van der Waals surface area contributed by atoms with E-state index in [1.165, 1.54) is 0 Å². The van der Waals surface area contributed by atoms with Gasteiger partial charge in [0.1, 0.15) is 0 Å². The van der Waals surface area contributed by atoms with Crippen molar-refractivity contribution in [3.05, 3.63) is 54.8 Å². The Morgan fingerprint density at radius 3 is 2.03 bits per heavy atom. The molecule has 7 heteroatoms. The maximum atomic E-state index is 14.1. The summed E-state index contributed by atoms with van der Waals surface area (Å²) in [6.07, 6.45) is 5.93. The van der Waals surface area contributed by atoms with Crippen LogP contribution in [0.2, 0.25) is 0 Å². The molecule has 3 aliphatic rings. The fraction of sp³-hybridized carbons (Fsp3) is 0.542.